The monoisotopic (exact) mass is 367 g/mol. The summed E-state index contributed by atoms with van der Waals surface area (Å²) in [6.45, 7) is 2.84. The summed E-state index contributed by atoms with van der Waals surface area (Å²) >= 11 is 2.77. The van der Waals surface area contributed by atoms with Crippen molar-refractivity contribution in [2.45, 2.75) is 32.0 Å². The van der Waals surface area contributed by atoms with Gasteiger partial charge in [0.1, 0.15) is 5.54 Å². The summed E-state index contributed by atoms with van der Waals surface area (Å²) < 4.78 is 38.1. The van der Waals surface area contributed by atoms with E-state index in [1.54, 1.807) is 6.92 Å². The molecule has 0 saturated heterocycles. The number of carboxylic acid groups (broad SMARTS) is 1. The maximum absolute atomic E-state index is 12.8. The molecule has 4 nitrogen and oxygen atoms in total. The number of carbonyl (C=O) groups is 2. The van der Waals surface area contributed by atoms with Crippen LogP contribution in [0.3, 0.4) is 0 Å². The third-order valence-corrected chi connectivity index (χ3v) is 3.79. The lowest BCUT2D eigenvalue weighted by Crippen LogP contribution is -2.51. The predicted octanol–water partition coefficient (Wildman–Crippen LogP) is 3.45. The van der Waals surface area contributed by atoms with Crippen molar-refractivity contribution in [3.8, 4) is 0 Å². The van der Waals surface area contributed by atoms with Gasteiger partial charge in [-0.2, -0.15) is 13.2 Å². The van der Waals surface area contributed by atoms with Crippen molar-refractivity contribution >= 4 is 27.8 Å². The maximum atomic E-state index is 12.8. The Bertz CT molecular complexity index is 574. The van der Waals surface area contributed by atoms with Gasteiger partial charge in [-0.3, -0.25) is 4.79 Å². The molecular formula is C13H13BrF3NO3. The molecule has 1 aromatic rings. The van der Waals surface area contributed by atoms with Crippen LogP contribution in [-0.4, -0.2) is 22.5 Å². The minimum atomic E-state index is -4.62. The van der Waals surface area contributed by atoms with Gasteiger partial charge in [0.2, 0.25) is 0 Å². The molecule has 0 heterocycles. The van der Waals surface area contributed by atoms with E-state index >= 15 is 0 Å². The lowest BCUT2D eigenvalue weighted by Gasteiger charge is -2.24. The zero-order valence-electron chi connectivity index (χ0n) is 11.2. The molecule has 0 saturated carbocycles. The molecule has 116 valence electrons. The van der Waals surface area contributed by atoms with E-state index in [0.29, 0.717) is 6.07 Å². The van der Waals surface area contributed by atoms with E-state index < -0.39 is 29.2 Å². The van der Waals surface area contributed by atoms with E-state index in [1.165, 1.54) is 13.0 Å². The molecule has 0 aromatic heterocycles. The highest BCUT2D eigenvalue weighted by Gasteiger charge is 2.36. The fourth-order valence-corrected chi connectivity index (χ4v) is 1.97. The van der Waals surface area contributed by atoms with Gasteiger partial charge in [0.05, 0.1) is 5.56 Å². The third kappa shape index (κ3) is 3.96. The van der Waals surface area contributed by atoms with Crippen LogP contribution in [0, 0.1) is 0 Å². The molecule has 0 radical (unpaired) electrons. The number of carbonyl (C=O) groups excluding carboxylic acids is 1. The number of benzene rings is 1. The molecule has 1 atom stereocenters. The minimum absolute atomic E-state index is 0.0940. The van der Waals surface area contributed by atoms with Crippen molar-refractivity contribution in [2.75, 3.05) is 0 Å². The predicted molar refractivity (Wildman–Crippen MR) is 72.9 cm³/mol. The van der Waals surface area contributed by atoms with Crippen LogP contribution in [-0.2, 0) is 11.0 Å². The average Bonchev–Trinajstić information content (AvgIpc) is 2.37. The van der Waals surface area contributed by atoms with Crippen LogP contribution in [0.5, 0.6) is 0 Å². The zero-order valence-corrected chi connectivity index (χ0v) is 12.8. The largest absolute Gasteiger partial charge is 0.480 e. The normalized spacial score (nSPS) is 14.4. The van der Waals surface area contributed by atoms with Gasteiger partial charge < -0.3 is 10.4 Å². The topological polar surface area (TPSA) is 66.4 Å². The fraction of sp³-hybridized carbons (Fsp3) is 0.385. The first kappa shape index (κ1) is 17.5. The van der Waals surface area contributed by atoms with Gasteiger partial charge in [-0.05, 0) is 31.5 Å². The second-order valence-corrected chi connectivity index (χ2v) is 5.49. The number of hydrogen-bond donors (Lipinski definition) is 2. The molecule has 0 spiro atoms. The Balaban J connectivity index is 3.12. The summed E-state index contributed by atoms with van der Waals surface area (Å²) in [7, 11) is 0. The Morgan fingerprint density at radius 2 is 1.90 bits per heavy atom. The number of rotatable bonds is 4. The van der Waals surface area contributed by atoms with Crippen molar-refractivity contribution in [3.63, 3.8) is 0 Å². The fourth-order valence-electron chi connectivity index (χ4n) is 1.50. The number of carboxylic acids is 1. The number of alkyl halides is 3. The van der Waals surface area contributed by atoms with Crippen LogP contribution < -0.4 is 5.32 Å². The molecule has 1 amide bonds. The SMILES string of the molecule is CCC(C)(NC(=O)c1ccc(Br)c(C(F)(F)F)c1)C(=O)O. The van der Waals surface area contributed by atoms with Crippen molar-refractivity contribution in [1.29, 1.82) is 0 Å². The first-order valence-electron chi connectivity index (χ1n) is 5.94. The Morgan fingerprint density at radius 3 is 2.33 bits per heavy atom. The van der Waals surface area contributed by atoms with E-state index in [1.807, 2.05) is 0 Å². The molecule has 1 unspecified atom stereocenters. The minimum Gasteiger partial charge on any atom is -0.480 e. The van der Waals surface area contributed by atoms with Gasteiger partial charge in [0.15, 0.2) is 0 Å². The van der Waals surface area contributed by atoms with Crippen molar-refractivity contribution in [1.82, 2.24) is 5.32 Å². The molecule has 0 aliphatic heterocycles. The van der Waals surface area contributed by atoms with Gasteiger partial charge >= 0.3 is 12.1 Å². The summed E-state index contributed by atoms with van der Waals surface area (Å²) in [5.41, 5.74) is -2.79. The molecule has 0 aliphatic carbocycles. The molecule has 0 bridgehead atoms. The first-order chi connectivity index (χ1) is 9.51. The van der Waals surface area contributed by atoms with E-state index in [9.17, 15) is 22.8 Å². The van der Waals surface area contributed by atoms with Crippen LogP contribution in [0.25, 0.3) is 0 Å². The van der Waals surface area contributed by atoms with Gasteiger partial charge in [0, 0.05) is 10.0 Å². The first-order valence-corrected chi connectivity index (χ1v) is 6.73. The molecule has 1 aromatic carbocycles. The Labute approximate surface area is 127 Å². The second-order valence-electron chi connectivity index (χ2n) is 4.64. The summed E-state index contributed by atoms with van der Waals surface area (Å²) in [5.74, 6) is -2.13. The van der Waals surface area contributed by atoms with Crippen LogP contribution in [0.1, 0.15) is 36.2 Å². The van der Waals surface area contributed by atoms with Crippen molar-refractivity contribution in [2.24, 2.45) is 0 Å². The number of hydrogen-bond acceptors (Lipinski definition) is 2. The number of nitrogens with one attached hydrogen (secondary N) is 1. The second kappa shape index (κ2) is 6.05. The lowest BCUT2D eigenvalue weighted by molar-refractivity contribution is -0.144. The molecule has 21 heavy (non-hydrogen) atoms. The van der Waals surface area contributed by atoms with Gasteiger partial charge in [-0.15, -0.1) is 0 Å². The average molecular weight is 368 g/mol. The highest BCUT2D eigenvalue weighted by atomic mass is 79.9. The molecule has 0 fully saturated rings. The van der Waals surface area contributed by atoms with Crippen molar-refractivity contribution in [3.05, 3.63) is 33.8 Å². The molecule has 1 rings (SSSR count). The number of amides is 1. The van der Waals surface area contributed by atoms with Crippen LogP contribution in [0.2, 0.25) is 0 Å². The standard InChI is InChI=1S/C13H13BrF3NO3/c1-3-12(2,11(20)21)18-10(19)7-4-5-9(14)8(6-7)13(15,16)17/h4-6H,3H2,1-2H3,(H,18,19)(H,20,21). The quantitative estimate of drug-likeness (QED) is 0.856. The van der Waals surface area contributed by atoms with Crippen LogP contribution >= 0.6 is 15.9 Å². The van der Waals surface area contributed by atoms with E-state index in [2.05, 4.69) is 21.2 Å². The molecule has 0 aliphatic rings. The molecule has 8 heteroatoms. The lowest BCUT2D eigenvalue weighted by atomic mass is 9.98. The number of aliphatic carboxylic acids is 1. The van der Waals surface area contributed by atoms with E-state index in [0.717, 1.165) is 6.07 Å². The third-order valence-electron chi connectivity index (χ3n) is 3.10. The Morgan fingerprint density at radius 1 is 1.33 bits per heavy atom. The van der Waals surface area contributed by atoms with Crippen molar-refractivity contribution < 1.29 is 27.9 Å². The summed E-state index contributed by atoms with van der Waals surface area (Å²) in [6, 6.07) is 2.96. The zero-order chi connectivity index (χ0) is 16.4. The summed E-state index contributed by atoms with van der Waals surface area (Å²) in [4.78, 5) is 23.1. The smallest absolute Gasteiger partial charge is 0.417 e. The van der Waals surface area contributed by atoms with E-state index in [-0.39, 0.29) is 16.5 Å². The molecular weight excluding hydrogens is 355 g/mol. The van der Waals surface area contributed by atoms with Gasteiger partial charge in [-0.1, -0.05) is 22.9 Å². The van der Waals surface area contributed by atoms with Crippen LogP contribution in [0.4, 0.5) is 13.2 Å². The van der Waals surface area contributed by atoms with Crippen LogP contribution in [0.15, 0.2) is 22.7 Å². The van der Waals surface area contributed by atoms with E-state index in [4.69, 9.17) is 5.11 Å². The Kier molecular flexibility index (Phi) is 5.03. The van der Waals surface area contributed by atoms with Gasteiger partial charge in [0.25, 0.3) is 5.91 Å². The van der Waals surface area contributed by atoms with Gasteiger partial charge in [-0.25, -0.2) is 4.79 Å². The Hall–Kier alpha value is -1.57. The summed E-state index contributed by atoms with van der Waals surface area (Å²) in [6.07, 6.45) is -4.52. The highest BCUT2D eigenvalue weighted by Crippen LogP contribution is 2.35. The summed E-state index contributed by atoms with van der Waals surface area (Å²) in [5, 5.41) is 11.3. The maximum Gasteiger partial charge on any atom is 0.417 e. The number of halogens is 4. The molecule has 2 N–H and O–H groups in total. The highest BCUT2D eigenvalue weighted by molar-refractivity contribution is 9.10.